The fourth-order valence-electron chi connectivity index (χ4n) is 1.55. The molecule has 0 heterocycles. The molecule has 0 atom stereocenters. The molecule has 0 aliphatic heterocycles. The van der Waals surface area contributed by atoms with Crippen LogP contribution in [0.4, 0.5) is 11.4 Å². The van der Waals surface area contributed by atoms with Gasteiger partial charge in [-0.25, -0.2) is 0 Å². The van der Waals surface area contributed by atoms with Gasteiger partial charge in [0.05, 0.1) is 22.5 Å². The number of benzene rings is 2. The van der Waals surface area contributed by atoms with Crippen molar-refractivity contribution in [1.29, 1.82) is 10.5 Å². The lowest BCUT2D eigenvalue weighted by molar-refractivity contribution is 0.483. The van der Waals surface area contributed by atoms with Crippen molar-refractivity contribution in [3.05, 3.63) is 47.5 Å². The van der Waals surface area contributed by atoms with Gasteiger partial charge in [0.15, 0.2) is 0 Å². The van der Waals surface area contributed by atoms with E-state index in [9.17, 15) is 0 Å². The Morgan fingerprint density at radius 3 is 1.53 bits per heavy atom. The molecule has 2 aromatic carbocycles. The molecule has 4 N–H and O–H groups in total. The first-order valence-corrected chi connectivity index (χ1v) is 5.41. The maximum absolute atomic E-state index is 8.78. The Kier molecular flexibility index (Phi) is 3.22. The molecule has 0 bridgehead atoms. The summed E-state index contributed by atoms with van der Waals surface area (Å²) < 4.78 is 5.56. The quantitative estimate of drug-likeness (QED) is 0.795. The third-order valence-corrected chi connectivity index (χ3v) is 2.52. The Bertz CT molecular complexity index is 649. The first kappa shape index (κ1) is 12.3. The van der Waals surface area contributed by atoms with Crippen LogP contribution in [0, 0.1) is 22.7 Å². The summed E-state index contributed by atoms with van der Waals surface area (Å²) >= 11 is 0. The smallest absolute Gasteiger partial charge is 0.129 e. The largest absolute Gasteiger partial charge is 0.457 e. The lowest BCUT2D eigenvalue weighted by Gasteiger charge is -2.08. The summed E-state index contributed by atoms with van der Waals surface area (Å²) in [6, 6.07) is 13.5. The van der Waals surface area contributed by atoms with E-state index < -0.39 is 0 Å². The van der Waals surface area contributed by atoms with Crippen molar-refractivity contribution in [2.24, 2.45) is 0 Å². The lowest BCUT2D eigenvalue weighted by Crippen LogP contribution is -1.94. The van der Waals surface area contributed by atoms with Crippen molar-refractivity contribution >= 4 is 11.4 Å². The Hall–Kier alpha value is -3.18. The van der Waals surface area contributed by atoms with Gasteiger partial charge in [-0.1, -0.05) is 0 Å². The molecule has 0 aliphatic carbocycles. The van der Waals surface area contributed by atoms with E-state index in [0.29, 0.717) is 34.0 Å². The molecule has 0 amide bonds. The zero-order valence-corrected chi connectivity index (χ0v) is 9.92. The minimum absolute atomic E-state index is 0.349. The standard InChI is InChI=1S/C14H10N4O/c15-7-9-1-3-11(5-13(9)17)19-12-4-2-10(8-16)14(18)6-12/h1-6H,17-18H2. The van der Waals surface area contributed by atoms with Gasteiger partial charge in [0.2, 0.25) is 0 Å². The summed E-state index contributed by atoms with van der Waals surface area (Å²) in [7, 11) is 0. The highest BCUT2D eigenvalue weighted by Gasteiger charge is 2.04. The Morgan fingerprint density at radius 1 is 0.789 bits per heavy atom. The molecular weight excluding hydrogens is 240 g/mol. The van der Waals surface area contributed by atoms with Crippen LogP contribution in [0.15, 0.2) is 36.4 Å². The molecule has 5 nitrogen and oxygen atoms in total. The van der Waals surface area contributed by atoms with E-state index in [0.717, 1.165) is 0 Å². The first-order chi connectivity index (χ1) is 9.13. The van der Waals surface area contributed by atoms with Crippen LogP contribution in [0.25, 0.3) is 0 Å². The third-order valence-electron chi connectivity index (χ3n) is 2.52. The van der Waals surface area contributed by atoms with Gasteiger partial charge in [-0.2, -0.15) is 10.5 Å². The van der Waals surface area contributed by atoms with Crippen LogP contribution < -0.4 is 16.2 Å². The van der Waals surface area contributed by atoms with E-state index >= 15 is 0 Å². The molecule has 19 heavy (non-hydrogen) atoms. The SMILES string of the molecule is N#Cc1ccc(Oc2ccc(C#N)c(N)c2)cc1N. The summed E-state index contributed by atoms with van der Waals surface area (Å²) in [6.07, 6.45) is 0. The first-order valence-electron chi connectivity index (χ1n) is 5.41. The Balaban J connectivity index is 2.27. The Labute approximate surface area is 110 Å². The van der Waals surface area contributed by atoms with Gasteiger partial charge >= 0.3 is 0 Å². The van der Waals surface area contributed by atoms with Crippen molar-refractivity contribution in [3.8, 4) is 23.6 Å². The van der Waals surface area contributed by atoms with Crippen LogP contribution in [0.5, 0.6) is 11.5 Å². The third kappa shape index (κ3) is 2.56. The predicted octanol–water partition coefficient (Wildman–Crippen LogP) is 2.39. The molecule has 2 rings (SSSR count). The summed E-state index contributed by atoms with van der Waals surface area (Å²) in [5, 5.41) is 17.6. The number of nitrogens with zero attached hydrogens (tertiary/aromatic N) is 2. The van der Waals surface area contributed by atoms with Crippen molar-refractivity contribution in [2.75, 3.05) is 11.5 Å². The van der Waals surface area contributed by atoms with Crippen molar-refractivity contribution < 1.29 is 4.74 Å². The molecule has 0 fully saturated rings. The minimum Gasteiger partial charge on any atom is -0.457 e. The average Bonchev–Trinajstić information content (AvgIpc) is 2.39. The summed E-state index contributed by atoms with van der Waals surface area (Å²) in [6.45, 7) is 0. The maximum Gasteiger partial charge on any atom is 0.129 e. The van der Waals surface area contributed by atoms with Gasteiger partial charge in [0, 0.05) is 12.1 Å². The van der Waals surface area contributed by atoms with E-state index in [2.05, 4.69) is 0 Å². The minimum atomic E-state index is 0.349. The lowest BCUT2D eigenvalue weighted by atomic mass is 10.2. The van der Waals surface area contributed by atoms with E-state index in [1.54, 1.807) is 36.4 Å². The monoisotopic (exact) mass is 250 g/mol. The maximum atomic E-state index is 8.78. The van der Waals surface area contributed by atoms with Crippen molar-refractivity contribution in [2.45, 2.75) is 0 Å². The number of nitrogen functional groups attached to an aromatic ring is 2. The van der Waals surface area contributed by atoms with E-state index in [1.165, 1.54) is 0 Å². The highest BCUT2D eigenvalue weighted by molar-refractivity contribution is 5.59. The molecule has 0 radical (unpaired) electrons. The predicted molar refractivity (Wildman–Crippen MR) is 71.2 cm³/mol. The molecule has 0 saturated heterocycles. The summed E-state index contributed by atoms with van der Waals surface area (Å²) in [4.78, 5) is 0. The molecular formula is C14H10N4O. The zero-order valence-electron chi connectivity index (χ0n) is 9.92. The summed E-state index contributed by atoms with van der Waals surface area (Å²) in [5.74, 6) is 1.00. The second-order valence-corrected chi connectivity index (χ2v) is 3.82. The zero-order chi connectivity index (χ0) is 13.8. The van der Waals surface area contributed by atoms with Crippen LogP contribution in [0.2, 0.25) is 0 Å². The average molecular weight is 250 g/mol. The van der Waals surface area contributed by atoms with Gasteiger partial charge in [-0.3, -0.25) is 0 Å². The molecule has 0 aliphatic rings. The van der Waals surface area contributed by atoms with Gasteiger partial charge in [0.1, 0.15) is 23.6 Å². The van der Waals surface area contributed by atoms with Gasteiger partial charge < -0.3 is 16.2 Å². The highest BCUT2D eigenvalue weighted by Crippen LogP contribution is 2.27. The number of hydrogen-bond donors (Lipinski definition) is 2. The number of anilines is 2. The second kappa shape index (κ2) is 4.99. The normalized spacial score (nSPS) is 9.37. The van der Waals surface area contributed by atoms with Crippen LogP contribution in [-0.2, 0) is 0 Å². The van der Waals surface area contributed by atoms with Crippen LogP contribution in [-0.4, -0.2) is 0 Å². The van der Waals surface area contributed by atoms with E-state index in [1.807, 2.05) is 12.1 Å². The fourth-order valence-corrected chi connectivity index (χ4v) is 1.55. The molecule has 92 valence electrons. The van der Waals surface area contributed by atoms with Crippen LogP contribution in [0.1, 0.15) is 11.1 Å². The topological polar surface area (TPSA) is 109 Å². The fraction of sp³-hybridized carbons (Fsp3) is 0. The Morgan fingerprint density at radius 2 is 1.21 bits per heavy atom. The van der Waals surface area contributed by atoms with Crippen LogP contribution in [0.3, 0.4) is 0 Å². The van der Waals surface area contributed by atoms with Gasteiger partial charge in [-0.15, -0.1) is 0 Å². The molecule has 0 saturated carbocycles. The summed E-state index contributed by atoms with van der Waals surface area (Å²) in [5.41, 5.74) is 12.9. The highest BCUT2D eigenvalue weighted by atomic mass is 16.5. The molecule has 0 spiro atoms. The van der Waals surface area contributed by atoms with Crippen molar-refractivity contribution in [3.63, 3.8) is 0 Å². The molecule has 5 heteroatoms. The molecule has 0 aromatic heterocycles. The van der Waals surface area contributed by atoms with Crippen LogP contribution >= 0.6 is 0 Å². The number of ether oxygens (including phenoxy) is 1. The van der Waals surface area contributed by atoms with Crippen molar-refractivity contribution in [1.82, 2.24) is 0 Å². The van der Waals surface area contributed by atoms with Gasteiger partial charge in [-0.05, 0) is 24.3 Å². The molecule has 0 unspecified atom stereocenters. The van der Waals surface area contributed by atoms with E-state index in [-0.39, 0.29) is 0 Å². The number of nitrogens with two attached hydrogens (primary N) is 2. The number of hydrogen-bond acceptors (Lipinski definition) is 5. The number of nitriles is 2. The molecule has 2 aromatic rings. The van der Waals surface area contributed by atoms with E-state index in [4.69, 9.17) is 26.7 Å². The number of rotatable bonds is 2. The van der Waals surface area contributed by atoms with Gasteiger partial charge in [0.25, 0.3) is 0 Å². The second-order valence-electron chi connectivity index (χ2n) is 3.82.